The smallest absolute Gasteiger partial charge is 0.191 e. The van der Waals surface area contributed by atoms with E-state index < -0.39 is 0 Å². The first kappa shape index (κ1) is 22.5. The minimum Gasteiger partial charge on any atom is -0.497 e. The summed E-state index contributed by atoms with van der Waals surface area (Å²) in [6.45, 7) is 10.4. The van der Waals surface area contributed by atoms with Gasteiger partial charge in [-0.3, -0.25) is 4.99 Å². The predicted molar refractivity (Wildman–Crippen MR) is 129 cm³/mol. The third-order valence-corrected chi connectivity index (χ3v) is 6.66. The van der Waals surface area contributed by atoms with Gasteiger partial charge in [0.25, 0.3) is 0 Å². The van der Waals surface area contributed by atoms with E-state index in [0.717, 1.165) is 50.8 Å². The SMILES string of the molecule is CCN=C(NC1CCN(c2cccc(OC)c2)C1)NC1C2CCOC2C1(C)C.I. The molecule has 0 spiro atoms. The van der Waals surface area contributed by atoms with E-state index in [-0.39, 0.29) is 29.4 Å². The van der Waals surface area contributed by atoms with Crippen molar-refractivity contribution in [2.75, 3.05) is 38.3 Å². The van der Waals surface area contributed by atoms with Gasteiger partial charge in [-0.25, -0.2) is 0 Å². The van der Waals surface area contributed by atoms with Crippen molar-refractivity contribution in [3.8, 4) is 5.75 Å². The molecule has 2 saturated heterocycles. The second-order valence-electron chi connectivity index (χ2n) is 8.79. The summed E-state index contributed by atoms with van der Waals surface area (Å²) >= 11 is 0. The molecule has 0 bridgehead atoms. The van der Waals surface area contributed by atoms with Crippen LogP contribution < -0.4 is 20.3 Å². The number of rotatable bonds is 5. The van der Waals surface area contributed by atoms with Gasteiger partial charge in [0.05, 0.1) is 13.2 Å². The van der Waals surface area contributed by atoms with Crippen molar-refractivity contribution in [3.63, 3.8) is 0 Å². The van der Waals surface area contributed by atoms with Gasteiger partial charge in [-0.15, -0.1) is 24.0 Å². The Bertz CT molecular complexity index is 727. The highest BCUT2D eigenvalue weighted by Gasteiger charge is 2.59. The van der Waals surface area contributed by atoms with Gasteiger partial charge < -0.3 is 25.0 Å². The molecule has 4 rings (SSSR count). The van der Waals surface area contributed by atoms with Crippen LogP contribution in [-0.2, 0) is 4.74 Å². The molecule has 0 amide bonds. The molecule has 0 radical (unpaired) electrons. The van der Waals surface area contributed by atoms with Crippen molar-refractivity contribution in [2.45, 2.75) is 51.8 Å². The predicted octanol–water partition coefficient (Wildman–Crippen LogP) is 3.26. The van der Waals surface area contributed by atoms with E-state index in [0.29, 0.717) is 24.1 Å². The monoisotopic (exact) mass is 514 g/mol. The Morgan fingerprint density at radius 3 is 2.90 bits per heavy atom. The quantitative estimate of drug-likeness (QED) is 0.359. The molecule has 2 N–H and O–H groups in total. The van der Waals surface area contributed by atoms with Gasteiger partial charge >= 0.3 is 0 Å². The molecule has 0 aromatic heterocycles. The number of aliphatic imine (C=N–C) groups is 1. The Morgan fingerprint density at radius 2 is 2.14 bits per heavy atom. The number of nitrogens with zero attached hydrogens (tertiary/aromatic N) is 2. The molecule has 1 saturated carbocycles. The molecule has 2 heterocycles. The molecule has 7 heteroatoms. The van der Waals surface area contributed by atoms with Crippen molar-refractivity contribution >= 4 is 35.6 Å². The number of guanidine groups is 1. The third-order valence-electron chi connectivity index (χ3n) is 6.66. The summed E-state index contributed by atoms with van der Waals surface area (Å²) < 4.78 is 11.3. The minimum absolute atomic E-state index is 0. The average Bonchev–Trinajstić information content (AvgIpc) is 3.34. The second-order valence-corrected chi connectivity index (χ2v) is 8.79. The lowest BCUT2D eigenvalue weighted by molar-refractivity contribution is -0.106. The molecule has 1 aromatic rings. The summed E-state index contributed by atoms with van der Waals surface area (Å²) in [4.78, 5) is 7.14. The highest BCUT2D eigenvalue weighted by Crippen LogP contribution is 2.52. The standard InChI is InChI=1S/C22H34N4O2.HI/c1-5-23-21(25-19-18-10-12-28-20(18)22(19,2)3)24-15-9-11-26(14-15)16-7-6-8-17(13-16)27-4;/h6-8,13,15,18-20H,5,9-12,14H2,1-4H3,(H2,23,24,25);1H. The zero-order chi connectivity index (χ0) is 19.7. The summed E-state index contributed by atoms with van der Waals surface area (Å²) in [5.41, 5.74) is 1.37. The minimum atomic E-state index is 0. The molecule has 4 atom stereocenters. The van der Waals surface area contributed by atoms with E-state index in [2.05, 4.69) is 54.5 Å². The van der Waals surface area contributed by atoms with Crippen LogP contribution in [0.15, 0.2) is 29.3 Å². The lowest BCUT2D eigenvalue weighted by atomic mass is 9.57. The van der Waals surface area contributed by atoms with Crippen molar-refractivity contribution < 1.29 is 9.47 Å². The van der Waals surface area contributed by atoms with E-state index in [9.17, 15) is 0 Å². The lowest BCUT2D eigenvalue weighted by Crippen LogP contribution is -2.68. The molecule has 2 aliphatic heterocycles. The van der Waals surface area contributed by atoms with Crippen LogP contribution >= 0.6 is 24.0 Å². The van der Waals surface area contributed by atoms with Gasteiger partial charge in [-0.2, -0.15) is 0 Å². The van der Waals surface area contributed by atoms with Gasteiger partial charge in [-0.05, 0) is 31.9 Å². The number of hydrogen-bond acceptors (Lipinski definition) is 4. The third kappa shape index (κ3) is 4.45. The number of benzene rings is 1. The summed E-state index contributed by atoms with van der Waals surface area (Å²) in [5.74, 6) is 2.46. The second kappa shape index (κ2) is 9.29. The van der Waals surface area contributed by atoms with Crippen LogP contribution in [0.25, 0.3) is 0 Å². The fourth-order valence-corrected chi connectivity index (χ4v) is 5.17. The van der Waals surface area contributed by atoms with Crippen LogP contribution in [0.1, 0.15) is 33.6 Å². The number of nitrogens with one attached hydrogen (secondary N) is 2. The summed E-state index contributed by atoms with van der Waals surface area (Å²) in [7, 11) is 1.72. The highest BCUT2D eigenvalue weighted by atomic mass is 127. The van der Waals surface area contributed by atoms with Crippen molar-refractivity contribution in [2.24, 2.45) is 16.3 Å². The zero-order valence-corrected chi connectivity index (χ0v) is 20.3. The molecular weight excluding hydrogens is 479 g/mol. The summed E-state index contributed by atoms with van der Waals surface area (Å²) in [6.07, 6.45) is 2.64. The summed E-state index contributed by atoms with van der Waals surface area (Å²) in [5, 5.41) is 7.42. The van der Waals surface area contributed by atoms with Crippen molar-refractivity contribution in [1.29, 1.82) is 0 Å². The normalized spacial score (nSPS) is 30.2. The van der Waals surface area contributed by atoms with Gasteiger partial charge in [-0.1, -0.05) is 19.9 Å². The van der Waals surface area contributed by atoms with Crippen molar-refractivity contribution in [1.82, 2.24) is 10.6 Å². The molecule has 1 aromatic carbocycles. The molecule has 162 valence electrons. The Balaban J connectivity index is 0.00000240. The molecule has 3 fully saturated rings. The van der Waals surface area contributed by atoms with Gasteiger partial charge in [0.2, 0.25) is 0 Å². The molecule has 29 heavy (non-hydrogen) atoms. The van der Waals surface area contributed by atoms with E-state index in [1.54, 1.807) is 7.11 Å². The van der Waals surface area contributed by atoms with E-state index in [1.807, 2.05) is 6.07 Å². The van der Waals surface area contributed by atoms with Crippen LogP contribution in [0.3, 0.4) is 0 Å². The number of hydrogen-bond donors (Lipinski definition) is 2. The number of anilines is 1. The van der Waals surface area contributed by atoms with Gasteiger partial charge in [0.1, 0.15) is 5.75 Å². The topological polar surface area (TPSA) is 58.1 Å². The lowest BCUT2D eigenvalue weighted by Gasteiger charge is -2.55. The Kier molecular flexibility index (Phi) is 7.19. The van der Waals surface area contributed by atoms with E-state index in [4.69, 9.17) is 14.5 Å². The maximum absolute atomic E-state index is 5.94. The van der Waals surface area contributed by atoms with Gasteiger partial charge in [0, 0.05) is 61.4 Å². The molecule has 4 unspecified atom stereocenters. The molecular formula is C22H35IN4O2. The fourth-order valence-electron chi connectivity index (χ4n) is 5.17. The summed E-state index contributed by atoms with van der Waals surface area (Å²) in [6, 6.07) is 9.13. The number of ether oxygens (including phenoxy) is 2. The first-order valence-electron chi connectivity index (χ1n) is 10.6. The molecule has 6 nitrogen and oxygen atoms in total. The number of fused-ring (bicyclic) bond motifs is 1. The van der Waals surface area contributed by atoms with Crippen LogP contribution in [0, 0.1) is 11.3 Å². The Hall–Kier alpha value is -1.22. The Morgan fingerprint density at radius 1 is 1.31 bits per heavy atom. The largest absolute Gasteiger partial charge is 0.497 e. The number of methoxy groups -OCH3 is 1. The first-order chi connectivity index (χ1) is 13.5. The van der Waals surface area contributed by atoms with Gasteiger partial charge in [0.15, 0.2) is 5.96 Å². The average molecular weight is 514 g/mol. The molecule has 3 aliphatic rings. The highest BCUT2D eigenvalue weighted by molar-refractivity contribution is 14.0. The van der Waals surface area contributed by atoms with Crippen LogP contribution in [0.2, 0.25) is 0 Å². The fraction of sp³-hybridized carbons (Fsp3) is 0.682. The van der Waals surface area contributed by atoms with Crippen LogP contribution in [0.4, 0.5) is 5.69 Å². The zero-order valence-electron chi connectivity index (χ0n) is 18.0. The first-order valence-corrected chi connectivity index (χ1v) is 10.6. The molecule has 1 aliphatic carbocycles. The van der Waals surface area contributed by atoms with E-state index >= 15 is 0 Å². The maximum atomic E-state index is 5.94. The Labute approximate surface area is 191 Å². The maximum Gasteiger partial charge on any atom is 0.191 e. The van der Waals surface area contributed by atoms with Crippen LogP contribution in [-0.4, -0.2) is 57.5 Å². The van der Waals surface area contributed by atoms with Crippen molar-refractivity contribution in [3.05, 3.63) is 24.3 Å². The van der Waals surface area contributed by atoms with E-state index in [1.165, 1.54) is 5.69 Å². The number of halogens is 1. The van der Waals surface area contributed by atoms with Crippen LogP contribution in [0.5, 0.6) is 5.75 Å².